The molecule has 0 spiro atoms. The summed E-state index contributed by atoms with van der Waals surface area (Å²) in [5.41, 5.74) is 0.549. The van der Waals surface area contributed by atoms with Crippen molar-refractivity contribution in [3.8, 4) is 0 Å². The van der Waals surface area contributed by atoms with E-state index in [4.69, 9.17) is 9.47 Å². The Labute approximate surface area is 236 Å². The molecule has 2 N–H and O–H groups in total. The van der Waals surface area contributed by atoms with Gasteiger partial charge in [-0.1, -0.05) is 38.2 Å². The second-order valence-corrected chi connectivity index (χ2v) is 11.4. The Morgan fingerprint density at radius 3 is 2.55 bits per heavy atom. The van der Waals surface area contributed by atoms with Gasteiger partial charge in [-0.05, 0) is 63.3 Å². The third kappa shape index (κ3) is 7.68. The van der Waals surface area contributed by atoms with Crippen molar-refractivity contribution in [3.05, 3.63) is 55.8 Å². The number of nitrogens with one attached hydrogen (secondary N) is 2. The number of ether oxygens (including phenoxy) is 2. The molecule has 2 aromatic rings. The van der Waals surface area contributed by atoms with Crippen LogP contribution in [-0.2, 0) is 9.47 Å². The highest BCUT2D eigenvalue weighted by Gasteiger charge is 2.35. The van der Waals surface area contributed by atoms with Gasteiger partial charge in [-0.2, -0.15) is 0 Å². The molecule has 7 nitrogen and oxygen atoms in total. The normalized spacial score (nSPS) is 20.1. The van der Waals surface area contributed by atoms with Crippen LogP contribution in [0.2, 0.25) is 0 Å². The van der Waals surface area contributed by atoms with Gasteiger partial charge in [-0.3, -0.25) is 9.59 Å². The smallest absolute Gasteiger partial charge is 0.253 e. The molecule has 9 heteroatoms. The number of hydrogen-bond acceptors (Lipinski definition) is 7. The van der Waals surface area contributed by atoms with Crippen LogP contribution >= 0.6 is 0 Å². The minimum atomic E-state index is -0.907. The van der Waals surface area contributed by atoms with E-state index in [0.717, 1.165) is 25.3 Å². The van der Waals surface area contributed by atoms with E-state index >= 15 is 0 Å². The first-order chi connectivity index (χ1) is 19.4. The molecule has 222 valence electrons. The summed E-state index contributed by atoms with van der Waals surface area (Å²) in [4.78, 5) is 27.6. The topological polar surface area (TPSA) is 79.9 Å². The van der Waals surface area contributed by atoms with Crippen LogP contribution in [0.25, 0.3) is 0 Å². The van der Waals surface area contributed by atoms with Crippen molar-refractivity contribution in [2.75, 3.05) is 56.7 Å². The molecule has 0 amide bonds. The third-order valence-corrected chi connectivity index (χ3v) is 8.44. The number of rotatable bonds is 15. The van der Waals surface area contributed by atoms with Gasteiger partial charge in [0.25, 0.3) is 10.9 Å². The first kappa shape index (κ1) is 30.6. The largest absolute Gasteiger partial charge is 0.382 e. The average molecular weight is 562 g/mol. The molecule has 1 aliphatic carbocycles. The van der Waals surface area contributed by atoms with E-state index in [2.05, 4.69) is 10.6 Å². The van der Waals surface area contributed by atoms with Gasteiger partial charge < -0.3 is 25.0 Å². The van der Waals surface area contributed by atoms with Crippen molar-refractivity contribution in [1.29, 1.82) is 0 Å². The highest BCUT2D eigenvalue weighted by molar-refractivity contribution is 5.75. The van der Waals surface area contributed by atoms with E-state index in [0.29, 0.717) is 68.7 Å². The Kier molecular flexibility index (Phi) is 11.5. The molecule has 2 unspecified atom stereocenters. The molecule has 0 radical (unpaired) electrons. The standard InChI is InChI=1S/C31H45F2N3O4/c1-3-39-15-8-16-40-31(22-12-13-25(32)26(33)18-22)23-11-7-14-36(20-23)28-27(29(37)30(28)38)35-24(19-34-2)17-21-9-5-4-6-10-21/h12-13,18,21,23-24,31,34-35H,3-11,14-17,19-20H2,1-2H3/t23?,24?,31-/m0/s1. The Hall–Kier alpha value is -2.36. The molecule has 4 rings (SSSR count). The number of anilines is 2. The van der Waals surface area contributed by atoms with Gasteiger partial charge in [-0.25, -0.2) is 8.78 Å². The number of nitrogens with zero attached hydrogens (tertiary/aromatic N) is 1. The molecule has 1 saturated carbocycles. The summed E-state index contributed by atoms with van der Waals surface area (Å²) in [5.74, 6) is -1.23. The zero-order chi connectivity index (χ0) is 28.5. The predicted molar refractivity (Wildman–Crippen MR) is 155 cm³/mol. The van der Waals surface area contributed by atoms with Gasteiger partial charge in [0.2, 0.25) is 0 Å². The summed E-state index contributed by atoms with van der Waals surface area (Å²) in [5, 5.41) is 6.68. The van der Waals surface area contributed by atoms with Gasteiger partial charge in [-0.15, -0.1) is 0 Å². The summed E-state index contributed by atoms with van der Waals surface area (Å²) in [6.45, 7) is 5.40. The zero-order valence-corrected chi connectivity index (χ0v) is 24.0. The Morgan fingerprint density at radius 1 is 1.02 bits per heavy atom. The Balaban J connectivity index is 1.49. The molecule has 2 aromatic carbocycles. The molecule has 0 aromatic heterocycles. The van der Waals surface area contributed by atoms with Crippen LogP contribution in [0.15, 0.2) is 27.8 Å². The van der Waals surface area contributed by atoms with Crippen molar-refractivity contribution in [1.82, 2.24) is 5.32 Å². The second-order valence-electron chi connectivity index (χ2n) is 11.4. The van der Waals surface area contributed by atoms with E-state index < -0.39 is 28.6 Å². The number of halogens is 2. The second kappa shape index (κ2) is 15.0. The van der Waals surface area contributed by atoms with Crippen LogP contribution in [-0.4, -0.2) is 52.5 Å². The monoisotopic (exact) mass is 561 g/mol. The Bertz CT molecular complexity index is 1150. The lowest BCUT2D eigenvalue weighted by Crippen LogP contribution is -2.49. The average Bonchev–Trinajstić information content (AvgIpc) is 2.97. The lowest BCUT2D eigenvalue weighted by molar-refractivity contribution is -0.00485. The summed E-state index contributed by atoms with van der Waals surface area (Å²) in [7, 11) is 1.90. The molecule has 1 saturated heterocycles. The molecule has 40 heavy (non-hydrogen) atoms. The maximum absolute atomic E-state index is 14.2. The lowest BCUT2D eigenvalue weighted by atomic mass is 9.84. The van der Waals surface area contributed by atoms with Crippen LogP contribution in [0, 0.1) is 23.5 Å². The fourth-order valence-corrected chi connectivity index (χ4v) is 6.45. The van der Waals surface area contributed by atoms with E-state index in [1.54, 1.807) is 6.07 Å². The molecule has 3 atom stereocenters. The molecular formula is C31H45F2N3O4. The van der Waals surface area contributed by atoms with Crippen molar-refractivity contribution < 1.29 is 18.3 Å². The van der Waals surface area contributed by atoms with Gasteiger partial charge >= 0.3 is 0 Å². The first-order valence-electron chi connectivity index (χ1n) is 15.1. The quantitative estimate of drug-likeness (QED) is 0.236. The maximum Gasteiger partial charge on any atom is 0.253 e. The van der Waals surface area contributed by atoms with Crippen molar-refractivity contribution >= 4 is 11.4 Å². The third-order valence-electron chi connectivity index (χ3n) is 8.44. The minimum Gasteiger partial charge on any atom is -0.382 e. The number of likely N-dealkylation sites (N-methyl/N-ethyl adjacent to an activating group) is 1. The van der Waals surface area contributed by atoms with Gasteiger partial charge in [0, 0.05) is 51.4 Å². The van der Waals surface area contributed by atoms with Crippen LogP contribution in [0.3, 0.4) is 0 Å². The first-order valence-corrected chi connectivity index (χ1v) is 15.1. The van der Waals surface area contributed by atoms with Gasteiger partial charge in [0.1, 0.15) is 11.4 Å². The lowest BCUT2D eigenvalue weighted by Gasteiger charge is -2.39. The van der Waals surface area contributed by atoms with E-state index in [-0.39, 0.29) is 12.0 Å². The van der Waals surface area contributed by atoms with E-state index in [9.17, 15) is 18.4 Å². The van der Waals surface area contributed by atoms with Crippen molar-refractivity contribution in [2.45, 2.75) is 76.9 Å². The molecule has 2 aliphatic rings. The van der Waals surface area contributed by atoms with Crippen molar-refractivity contribution in [3.63, 3.8) is 0 Å². The van der Waals surface area contributed by atoms with E-state index in [1.807, 2.05) is 18.9 Å². The summed E-state index contributed by atoms with van der Waals surface area (Å²) >= 11 is 0. The van der Waals surface area contributed by atoms with Crippen LogP contribution in [0.4, 0.5) is 20.2 Å². The zero-order valence-electron chi connectivity index (χ0n) is 24.0. The van der Waals surface area contributed by atoms with E-state index in [1.165, 1.54) is 38.2 Å². The number of piperidine rings is 1. The minimum absolute atomic E-state index is 0.0571. The summed E-state index contributed by atoms with van der Waals surface area (Å²) in [6.07, 6.45) is 9.02. The molecule has 0 bridgehead atoms. The molecule has 1 aliphatic heterocycles. The van der Waals surface area contributed by atoms with Crippen LogP contribution in [0.5, 0.6) is 0 Å². The maximum atomic E-state index is 14.2. The molecule has 1 heterocycles. The Morgan fingerprint density at radius 2 is 1.82 bits per heavy atom. The van der Waals surface area contributed by atoms with Crippen molar-refractivity contribution in [2.24, 2.45) is 11.8 Å². The fourth-order valence-electron chi connectivity index (χ4n) is 6.45. The summed E-state index contributed by atoms with van der Waals surface area (Å²) in [6, 6.07) is 3.98. The summed E-state index contributed by atoms with van der Waals surface area (Å²) < 4.78 is 39.6. The highest BCUT2D eigenvalue weighted by atomic mass is 19.2. The van der Waals surface area contributed by atoms with Gasteiger partial charge in [0.05, 0.1) is 6.10 Å². The highest BCUT2D eigenvalue weighted by Crippen LogP contribution is 2.36. The number of benzene rings is 1. The molecular weight excluding hydrogens is 516 g/mol. The van der Waals surface area contributed by atoms with Crippen LogP contribution < -0.4 is 26.4 Å². The predicted octanol–water partition coefficient (Wildman–Crippen LogP) is 4.93. The molecule has 2 fully saturated rings. The fraction of sp³-hybridized carbons (Fsp3) is 0.677. The van der Waals surface area contributed by atoms with Crippen LogP contribution in [0.1, 0.15) is 76.4 Å². The number of hydrogen-bond donors (Lipinski definition) is 2. The van der Waals surface area contributed by atoms with Gasteiger partial charge in [0.15, 0.2) is 11.6 Å². The SMILES string of the molecule is CCOCCCO[C@@H](c1ccc(F)c(F)c1)C1CCCN(c2c(NC(CNC)CC3CCCCC3)c(=O)c2=O)C1.